The molecule has 0 bridgehead atoms. The normalized spacial score (nSPS) is 19.1. The molecule has 1 aliphatic carbocycles. The van der Waals surface area contributed by atoms with Crippen molar-refractivity contribution in [2.24, 2.45) is 0 Å². The minimum absolute atomic E-state index is 0.191. The zero-order valence-corrected chi connectivity index (χ0v) is 20.8. The molecule has 1 heterocycles. The number of hydrogen-bond acceptors (Lipinski definition) is 7. The molecular weight excluding hydrogens is 468 g/mol. The molecule has 2 fully saturated rings. The third-order valence-corrected chi connectivity index (χ3v) is 6.86. The van der Waals surface area contributed by atoms with Gasteiger partial charge in [-0.25, -0.2) is 4.79 Å². The third-order valence-electron chi connectivity index (χ3n) is 6.86. The topological polar surface area (TPSA) is 160 Å². The second-order valence-corrected chi connectivity index (χ2v) is 9.53. The van der Waals surface area contributed by atoms with Crippen LogP contribution >= 0.6 is 0 Å². The number of anilines is 1. The fraction of sp³-hybridized carbons (Fsp3) is 0.640. The van der Waals surface area contributed by atoms with E-state index in [-0.39, 0.29) is 17.5 Å². The Balaban J connectivity index is 1.72. The molecule has 1 saturated heterocycles. The van der Waals surface area contributed by atoms with Crippen molar-refractivity contribution >= 4 is 23.5 Å². The van der Waals surface area contributed by atoms with Gasteiger partial charge in [-0.15, -0.1) is 0 Å². The van der Waals surface area contributed by atoms with Crippen molar-refractivity contribution in [3.8, 4) is 11.5 Å². The van der Waals surface area contributed by atoms with Gasteiger partial charge in [0.05, 0.1) is 19.3 Å². The molecule has 11 heteroatoms. The van der Waals surface area contributed by atoms with E-state index < -0.39 is 35.2 Å². The Labute approximate surface area is 211 Å². The number of amides is 4. The zero-order valence-electron chi connectivity index (χ0n) is 20.8. The molecule has 200 valence electrons. The molecule has 0 unspecified atom stereocenters. The number of carbonyl (C=O) groups is 3. The molecule has 36 heavy (non-hydrogen) atoms. The number of rotatable bonds is 9. The van der Waals surface area contributed by atoms with Crippen LogP contribution < -0.4 is 16.0 Å². The Kier molecular flexibility index (Phi) is 9.77. The molecule has 1 aromatic rings. The number of benzene rings is 1. The molecule has 2 atom stereocenters. The van der Waals surface area contributed by atoms with Crippen molar-refractivity contribution in [3.05, 3.63) is 18.2 Å². The van der Waals surface area contributed by atoms with Gasteiger partial charge in [-0.1, -0.05) is 39.0 Å². The van der Waals surface area contributed by atoms with E-state index >= 15 is 0 Å². The Morgan fingerprint density at radius 3 is 2.42 bits per heavy atom. The Morgan fingerprint density at radius 1 is 1.08 bits per heavy atom. The molecule has 11 nitrogen and oxygen atoms in total. The highest BCUT2D eigenvalue weighted by atomic mass is 16.5. The number of carbonyl (C=O) groups excluding carboxylic acids is 3. The third kappa shape index (κ3) is 7.01. The molecule has 4 amide bonds. The van der Waals surface area contributed by atoms with Gasteiger partial charge in [0.2, 0.25) is 5.91 Å². The van der Waals surface area contributed by atoms with Crippen LogP contribution in [0.25, 0.3) is 0 Å². The fourth-order valence-corrected chi connectivity index (χ4v) is 4.65. The summed E-state index contributed by atoms with van der Waals surface area (Å²) in [4.78, 5) is 41.0. The summed E-state index contributed by atoms with van der Waals surface area (Å²) >= 11 is 0. The predicted molar refractivity (Wildman–Crippen MR) is 133 cm³/mol. The van der Waals surface area contributed by atoms with E-state index in [1.54, 1.807) is 4.90 Å². The molecule has 6 N–H and O–H groups in total. The van der Waals surface area contributed by atoms with Crippen LogP contribution in [-0.4, -0.2) is 82.1 Å². The van der Waals surface area contributed by atoms with Gasteiger partial charge >= 0.3 is 6.03 Å². The van der Waals surface area contributed by atoms with Crippen molar-refractivity contribution < 1.29 is 34.4 Å². The summed E-state index contributed by atoms with van der Waals surface area (Å²) in [7, 11) is 0. The van der Waals surface area contributed by atoms with Gasteiger partial charge < -0.3 is 40.9 Å². The van der Waals surface area contributed by atoms with Crippen LogP contribution in [0.1, 0.15) is 58.3 Å². The number of urea groups is 1. The van der Waals surface area contributed by atoms with Gasteiger partial charge in [0.1, 0.15) is 5.54 Å². The van der Waals surface area contributed by atoms with Crippen LogP contribution in [0.5, 0.6) is 11.5 Å². The van der Waals surface area contributed by atoms with E-state index in [0.29, 0.717) is 52.0 Å². The number of phenolic OH excluding ortho intramolecular Hbond substituents is 2. The van der Waals surface area contributed by atoms with E-state index in [2.05, 4.69) is 16.0 Å². The number of hydrogen-bond donors (Lipinski definition) is 6. The summed E-state index contributed by atoms with van der Waals surface area (Å²) < 4.78 is 5.31. The van der Waals surface area contributed by atoms with Crippen molar-refractivity contribution in [1.29, 1.82) is 0 Å². The van der Waals surface area contributed by atoms with Gasteiger partial charge in [-0.2, -0.15) is 0 Å². The number of nitrogens with one attached hydrogen (secondary N) is 3. The van der Waals surface area contributed by atoms with Gasteiger partial charge in [0.25, 0.3) is 5.91 Å². The second-order valence-electron chi connectivity index (χ2n) is 9.53. The van der Waals surface area contributed by atoms with Gasteiger partial charge in [-0.3, -0.25) is 9.59 Å². The van der Waals surface area contributed by atoms with Crippen LogP contribution in [0, 0.1) is 0 Å². The maximum absolute atomic E-state index is 13.6. The maximum Gasteiger partial charge on any atom is 0.318 e. The number of nitrogens with zero attached hydrogens (tertiary/aromatic N) is 1. The maximum atomic E-state index is 13.6. The standard InChI is InChI=1S/C25H38N4O7/c1-2-3-7-18(21(32)22(33)26-17-8-9-19(30)20(31)16-17)27-23(34)25(10-5-4-6-11-25)28-24(35)29-12-14-36-15-13-29/h8-9,16,18,21,30-32H,2-7,10-15H2,1H3,(H,26,33)(H,27,34)(H,28,35)/t18-,21-/m0/s1. The smallest absolute Gasteiger partial charge is 0.318 e. The monoisotopic (exact) mass is 506 g/mol. The van der Waals surface area contributed by atoms with Crippen LogP contribution in [0.3, 0.4) is 0 Å². The average Bonchev–Trinajstić information content (AvgIpc) is 2.89. The van der Waals surface area contributed by atoms with E-state index in [1.807, 2.05) is 6.92 Å². The molecule has 1 aromatic carbocycles. The molecular formula is C25H38N4O7. The number of unbranched alkanes of at least 4 members (excludes halogenated alkanes) is 1. The van der Waals surface area contributed by atoms with E-state index in [0.717, 1.165) is 31.7 Å². The van der Waals surface area contributed by atoms with Crippen molar-refractivity contribution in [2.45, 2.75) is 76.0 Å². The molecule has 1 aliphatic heterocycles. The second kappa shape index (κ2) is 12.8. The van der Waals surface area contributed by atoms with Gasteiger partial charge in [-0.05, 0) is 31.4 Å². The highest BCUT2D eigenvalue weighted by Crippen LogP contribution is 2.30. The summed E-state index contributed by atoms with van der Waals surface area (Å²) in [6.07, 6.45) is 3.75. The molecule has 3 rings (SSSR count). The summed E-state index contributed by atoms with van der Waals surface area (Å²) in [5, 5.41) is 38.3. The molecule has 0 radical (unpaired) electrons. The molecule has 2 aliphatic rings. The number of aliphatic hydroxyl groups excluding tert-OH is 1. The first-order valence-corrected chi connectivity index (χ1v) is 12.7. The Bertz CT molecular complexity index is 914. The van der Waals surface area contributed by atoms with Crippen LogP contribution in [0.4, 0.5) is 10.5 Å². The molecule has 0 aromatic heterocycles. The Morgan fingerprint density at radius 2 is 1.78 bits per heavy atom. The highest BCUT2D eigenvalue weighted by Gasteiger charge is 2.43. The number of aliphatic hydroxyl groups is 1. The summed E-state index contributed by atoms with van der Waals surface area (Å²) in [6.45, 7) is 3.77. The number of ether oxygens (including phenoxy) is 1. The lowest BCUT2D eigenvalue weighted by atomic mass is 9.80. The van der Waals surface area contributed by atoms with Crippen LogP contribution in [0.2, 0.25) is 0 Å². The summed E-state index contributed by atoms with van der Waals surface area (Å²) in [6, 6.07) is 2.58. The van der Waals surface area contributed by atoms with Crippen LogP contribution in [0.15, 0.2) is 18.2 Å². The zero-order chi connectivity index (χ0) is 26.1. The number of phenols is 2. The highest BCUT2D eigenvalue weighted by molar-refractivity contribution is 5.96. The lowest BCUT2D eigenvalue weighted by molar-refractivity contribution is -0.132. The molecule has 0 spiro atoms. The lowest BCUT2D eigenvalue weighted by Crippen LogP contribution is -2.65. The van der Waals surface area contributed by atoms with Gasteiger partial charge in [0, 0.05) is 24.8 Å². The van der Waals surface area contributed by atoms with Crippen molar-refractivity contribution in [1.82, 2.24) is 15.5 Å². The van der Waals surface area contributed by atoms with Crippen LogP contribution in [-0.2, 0) is 14.3 Å². The van der Waals surface area contributed by atoms with Gasteiger partial charge in [0.15, 0.2) is 17.6 Å². The first kappa shape index (κ1) is 27.5. The molecule has 1 saturated carbocycles. The first-order valence-electron chi connectivity index (χ1n) is 12.7. The predicted octanol–water partition coefficient (Wildman–Crippen LogP) is 1.82. The number of aromatic hydroxyl groups is 2. The Hall–Kier alpha value is -3.05. The minimum Gasteiger partial charge on any atom is -0.504 e. The van der Waals surface area contributed by atoms with Crippen molar-refractivity contribution in [3.63, 3.8) is 0 Å². The fourth-order valence-electron chi connectivity index (χ4n) is 4.65. The van der Waals surface area contributed by atoms with E-state index in [4.69, 9.17) is 4.74 Å². The SMILES string of the molecule is CCCC[C@H](NC(=O)C1(NC(=O)N2CCOCC2)CCCCC1)[C@H](O)C(=O)Nc1ccc(O)c(O)c1. The minimum atomic E-state index is -1.56. The summed E-state index contributed by atoms with van der Waals surface area (Å²) in [5.41, 5.74) is -0.923. The van der Waals surface area contributed by atoms with E-state index in [1.165, 1.54) is 12.1 Å². The summed E-state index contributed by atoms with van der Waals surface area (Å²) in [5.74, 6) is -1.90. The largest absolute Gasteiger partial charge is 0.504 e. The number of morpholine rings is 1. The average molecular weight is 507 g/mol. The first-order chi connectivity index (χ1) is 17.3. The quantitative estimate of drug-likeness (QED) is 0.220. The van der Waals surface area contributed by atoms with Crippen molar-refractivity contribution in [2.75, 3.05) is 31.6 Å². The lowest BCUT2D eigenvalue weighted by Gasteiger charge is -2.40. The van der Waals surface area contributed by atoms with E-state index in [9.17, 15) is 29.7 Å².